The van der Waals surface area contributed by atoms with Gasteiger partial charge in [-0.05, 0) is 30.9 Å². The highest BCUT2D eigenvalue weighted by molar-refractivity contribution is 6.18. The Morgan fingerprint density at radius 1 is 1.20 bits per heavy atom. The lowest BCUT2D eigenvalue weighted by Gasteiger charge is -2.38. The highest BCUT2D eigenvalue weighted by atomic mass is 35.5. The van der Waals surface area contributed by atoms with Crippen LogP contribution in [0.3, 0.4) is 0 Å². The number of hydrogen-bond donors (Lipinski definition) is 1. The van der Waals surface area contributed by atoms with E-state index >= 15 is 0 Å². The predicted molar refractivity (Wildman–Crippen MR) is 80.8 cm³/mol. The second-order valence-electron chi connectivity index (χ2n) is 5.78. The zero-order chi connectivity index (χ0) is 13.8. The molecule has 0 aliphatic carbocycles. The fourth-order valence-corrected chi connectivity index (χ4v) is 3.45. The number of rotatable bonds is 4. The molecule has 1 unspecified atom stereocenters. The Hall–Kier alpha value is -0.770. The van der Waals surface area contributed by atoms with Gasteiger partial charge in [-0.1, -0.05) is 18.2 Å². The van der Waals surface area contributed by atoms with Gasteiger partial charge in [-0.2, -0.15) is 0 Å². The fourth-order valence-electron chi connectivity index (χ4n) is 3.09. The first-order valence-electron chi connectivity index (χ1n) is 7.43. The molecule has 0 aromatic heterocycles. The highest BCUT2D eigenvalue weighted by Gasteiger charge is 2.32. The third-order valence-electron chi connectivity index (χ3n) is 4.51. The number of fused-ring (bicyclic) bond motifs is 1. The van der Waals surface area contributed by atoms with E-state index in [4.69, 9.17) is 21.1 Å². The van der Waals surface area contributed by atoms with Gasteiger partial charge in [0.15, 0.2) is 0 Å². The topological polar surface area (TPSA) is 30.5 Å². The molecule has 2 aliphatic heterocycles. The van der Waals surface area contributed by atoms with E-state index in [-0.39, 0.29) is 5.54 Å². The zero-order valence-corrected chi connectivity index (χ0v) is 12.5. The van der Waals surface area contributed by atoms with E-state index in [9.17, 15) is 0 Å². The van der Waals surface area contributed by atoms with Gasteiger partial charge in [-0.15, -0.1) is 11.6 Å². The van der Waals surface area contributed by atoms with Crippen molar-refractivity contribution < 1.29 is 9.47 Å². The first kappa shape index (κ1) is 14.2. The van der Waals surface area contributed by atoms with Crippen molar-refractivity contribution in [1.82, 2.24) is 5.32 Å². The standard InChI is InChI=1S/C16H22ClNO2/c17-12-16(6-9-19-10-7-16)18-11-13-5-8-20-15-4-2-1-3-14(13)15/h1-4,13,18H,5-12H2. The summed E-state index contributed by atoms with van der Waals surface area (Å²) in [6.07, 6.45) is 3.07. The molecule has 0 saturated carbocycles. The molecule has 3 rings (SSSR count). The molecule has 2 aliphatic rings. The van der Waals surface area contributed by atoms with Gasteiger partial charge in [-0.3, -0.25) is 0 Å². The summed E-state index contributed by atoms with van der Waals surface area (Å²) in [5.41, 5.74) is 1.37. The van der Waals surface area contributed by atoms with Crippen molar-refractivity contribution in [2.24, 2.45) is 0 Å². The highest BCUT2D eigenvalue weighted by Crippen LogP contribution is 2.33. The normalized spacial score (nSPS) is 24.8. The van der Waals surface area contributed by atoms with Crippen molar-refractivity contribution in [2.75, 3.05) is 32.2 Å². The van der Waals surface area contributed by atoms with Crippen LogP contribution in [-0.2, 0) is 4.74 Å². The Labute approximate surface area is 125 Å². The molecule has 110 valence electrons. The summed E-state index contributed by atoms with van der Waals surface area (Å²) in [6, 6.07) is 8.37. The van der Waals surface area contributed by atoms with Gasteiger partial charge in [0, 0.05) is 37.1 Å². The molecule has 1 saturated heterocycles. The maximum atomic E-state index is 6.21. The molecule has 0 spiro atoms. The third kappa shape index (κ3) is 2.95. The molecule has 1 atom stereocenters. The van der Waals surface area contributed by atoms with Gasteiger partial charge in [0.05, 0.1) is 6.61 Å². The summed E-state index contributed by atoms with van der Waals surface area (Å²) in [7, 11) is 0. The molecule has 0 radical (unpaired) electrons. The van der Waals surface area contributed by atoms with E-state index in [1.54, 1.807) is 0 Å². The number of alkyl halides is 1. The van der Waals surface area contributed by atoms with Crippen LogP contribution in [0.2, 0.25) is 0 Å². The first-order chi connectivity index (χ1) is 9.83. The van der Waals surface area contributed by atoms with E-state index in [1.165, 1.54) is 5.56 Å². The maximum absolute atomic E-state index is 6.21. The molecule has 1 N–H and O–H groups in total. The second kappa shape index (κ2) is 6.33. The summed E-state index contributed by atoms with van der Waals surface area (Å²) >= 11 is 6.21. The lowest BCUT2D eigenvalue weighted by atomic mass is 9.88. The van der Waals surface area contributed by atoms with Gasteiger partial charge in [0.2, 0.25) is 0 Å². The number of hydrogen-bond acceptors (Lipinski definition) is 3. The molecule has 1 fully saturated rings. The van der Waals surface area contributed by atoms with Crippen LogP contribution >= 0.6 is 11.6 Å². The molecule has 0 bridgehead atoms. The molecule has 3 nitrogen and oxygen atoms in total. The number of nitrogens with one attached hydrogen (secondary N) is 1. The van der Waals surface area contributed by atoms with Crippen LogP contribution in [-0.4, -0.2) is 37.8 Å². The lowest BCUT2D eigenvalue weighted by molar-refractivity contribution is 0.0455. The van der Waals surface area contributed by atoms with E-state index in [2.05, 4.69) is 23.5 Å². The van der Waals surface area contributed by atoms with Gasteiger partial charge in [0.1, 0.15) is 5.75 Å². The van der Waals surface area contributed by atoms with Crippen molar-refractivity contribution in [2.45, 2.75) is 30.7 Å². The number of para-hydroxylation sites is 1. The smallest absolute Gasteiger partial charge is 0.122 e. The van der Waals surface area contributed by atoms with Crippen LogP contribution in [0.5, 0.6) is 5.75 Å². The van der Waals surface area contributed by atoms with Crippen LogP contribution in [0.1, 0.15) is 30.7 Å². The molecule has 1 aromatic rings. The Kier molecular flexibility index (Phi) is 4.49. The van der Waals surface area contributed by atoms with Crippen LogP contribution in [0.4, 0.5) is 0 Å². The summed E-state index contributed by atoms with van der Waals surface area (Å²) < 4.78 is 11.2. The first-order valence-corrected chi connectivity index (χ1v) is 7.97. The van der Waals surface area contributed by atoms with Gasteiger partial charge in [-0.25, -0.2) is 0 Å². The summed E-state index contributed by atoms with van der Waals surface area (Å²) in [5, 5.41) is 3.73. The predicted octanol–water partition coefficient (Wildman–Crippen LogP) is 2.93. The van der Waals surface area contributed by atoms with Crippen molar-refractivity contribution in [1.29, 1.82) is 0 Å². The van der Waals surface area contributed by atoms with Crippen LogP contribution in [0.15, 0.2) is 24.3 Å². The van der Waals surface area contributed by atoms with Crippen molar-refractivity contribution in [3.63, 3.8) is 0 Å². The minimum atomic E-state index is 0.0487. The van der Waals surface area contributed by atoms with Crippen LogP contribution in [0.25, 0.3) is 0 Å². The van der Waals surface area contributed by atoms with Crippen LogP contribution < -0.4 is 10.1 Å². The Balaban J connectivity index is 1.66. The van der Waals surface area contributed by atoms with E-state index in [0.717, 1.165) is 51.4 Å². The minimum absolute atomic E-state index is 0.0487. The van der Waals surface area contributed by atoms with Crippen molar-refractivity contribution in [3.05, 3.63) is 29.8 Å². The Morgan fingerprint density at radius 2 is 2.00 bits per heavy atom. The number of benzene rings is 1. The van der Waals surface area contributed by atoms with Crippen LogP contribution in [0, 0.1) is 0 Å². The average molecular weight is 296 g/mol. The van der Waals surface area contributed by atoms with Crippen molar-refractivity contribution >= 4 is 11.6 Å². The SMILES string of the molecule is ClCC1(NCC2CCOc3ccccc32)CCOCC1. The van der Waals surface area contributed by atoms with Gasteiger partial charge < -0.3 is 14.8 Å². The average Bonchev–Trinajstić information content (AvgIpc) is 2.54. The summed E-state index contributed by atoms with van der Waals surface area (Å²) in [4.78, 5) is 0. The molecule has 2 heterocycles. The maximum Gasteiger partial charge on any atom is 0.122 e. The lowest BCUT2D eigenvalue weighted by Crippen LogP contribution is -2.52. The quantitative estimate of drug-likeness (QED) is 0.867. The fraction of sp³-hybridized carbons (Fsp3) is 0.625. The Morgan fingerprint density at radius 3 is 2.80 bits per heavy atom. The third-order valence-corrected chi connectivity index (χ3v) is 5.02. The summed E-state index contributed by atoms with van der Waals surface area (Å²) in [6.45, 7) is 3.39. The van der Waals surface area contributed by atoms with E-state index in [0.29, 0.717) is 11.8 Å². The molecule has 20 heavy (non-hydrogen) atoms. The monoisotopic (exact) mass is 295 g/mol. The summed E-state index contributed by atoms with van der Waals surface area (Å²) in [5.74, 6) is 2.21. The molecule has 1 aromatic carbocycles. The Bertz CT molecular complexity index is 446. The molecular formula is C16H22ClNO2. The zero-order valence-electron chi connectivity index (χ0n) is 11.7. The van der Waals surface area contributed by atoms with Crippen molar-refractivity contribution in [3.8, 4) is 5.75 Å². The largest absolute Gasteiger partial charge is 0.493 e. The van der Waals surface area contributed by atoms with Gasteiger partial charge in [0.25, 0.3) is 0 Å². The number of ether oxygens (including phenoxy) is 2. The second-order valence-corrected chi connectivity index (χ2v) is 6.05. The van der Waals surface area contributed by atoms with Gasteiger partial charge >= 0.3 is 0 Å². The van der Waals surface area contributed by atoms with E-state index in [1.807, 2.05) is 6.07 Å². The molecule has 0 amide bonds. The molecular weight excluding hydrogens is 274 g/mol. The van der Waals surface area contributed by atoms with E-state index < -0.39 is 0 Å². The minimum Gasteiger partial charge on any atom is -0.493 e. The number of halogens is 1. The molecule has 4 heteroatoms.